The van der Waals surface area contributed by atoms with E-state index in [2.05, 4.69) is 24.1 Å². The van der Waals surface area contributed by atoms with E-state index in [4.69, 9.17) is 10.5 Å². The zero-order valence-electron chi connectivity index (χ0n) is 11.7. The molecule has 0 saturated heterocycles. The van der Waals surface area contributed by atoms with E-state index in [0.717, 1.165) is 49.7 Å². The average Bonchev–Trinajstić information content (AvgIpc) is 2.38. The van der Waals surface area contributed by atoms with Gasteiger partial charge in [-0.1, -0.05) is 13.8 Å². The van der Waals surface area contributed by atoms with Gasteiger partial charge in [0, 0.05) is 30.1 Å². The van der Waals surface area contributed by atoms with Crippen molar-refractivity contribution in [3.05, 3.63) is 18.2 Å². The number of methoxy groups -OCH3 is 1. The molecular weight excluding hydrogens is 226 g/mol. The van der Waals surface area contributed by atoms with E-state index in [0.29, 0.717) is 0 Å². The van der Waals surface area contributed by atoms with E-state index in [9.17, 15) is 0 Å². The van der Waals surface area contributed by atoms with Crippen LogP contribution >= 0.6 is 0 Å². The molecule has 1 aromatic carbocycles. The zero-order valence-corrected chi connectivity index (χ0v) is 11.7. The second kappa shape index (κ2) is 7.82. The molecule has 0 amide bonds. The van der Waals surface area contributed by atoms with Crippen LogP contribution in [0.25, 0.3) is 0 Å². The summed E-state index contributed by atoms with van der Waals surface area (Å²) in [5.74, 6) is 0.793. The van der Waals surface area contributed by atoms with Crippen molar-refractivity contribution in [2.24, 2.45) is 0 Å². The normalized spacial score (nSPS) is 10.7. The molecular formula is C14H25N3O. The third-order valence-electron chi connectivity index (χ3n) is 3.04. The Morgan fingerprint density at radius 3 is 2.56 bits per heavy atom. The van der Waals surface area contributed by atoms with Crippen LogP contribution in [0.2, 0.25) is 0 Å². The van der Waals surface area contributed by atoms with Gasteiger partial charge >= 0.3 is 0 Å². The average molecular weight is 251 g/mol. The highest BCUT2D eigenvalue weighted by Gasteiger charge is 2.00. The van der Waals surface area contributed by atoms with Crippen LogP contribution in [0.4, 0.5) is 11.4 Å². The van der Waals surface area contributed by atoms with E-state index in [1.165, 1.54) is 0 Å². The minimum atomic E-state index is 0.723. The molecule has 0 heterocycles. The van der Waals surface area contributed by atoms with Crippen LogP contribution in [-0.4, -0.2) is 38.2 Å². The molecule has 4 nitrogen and oxygen atoms in total. The maximum absolute atomic E-state index is 5.80. The number of anilines is 2. The number of nitrogens with zero attached hydrogens (tertiary/aromatic N) is 1. The topological polar surface area (TPSA) is 50.5 Å². The van der Waals surface area contributed by atoms with Gasteiger partial charge in [-0.05, 0) is 32.1 Å². The summed E-state index contributed by atoms with van der Waals surface area (Å²) >= 11 is 0. The van der Waals surface area contributed by atoms with E-state index in [-0.39, 0.29) is 0 Å². The van der Waals surface area contributed by atoms with Crippen molar-refractivity contribution >= 4 is 11.4 Å². The molecule has 0 saturated carbocycles. The third kappa shape index (κ3) is 4.84. The smallest absolute Gasteiger partial charge is 0.122 e. The van der Waals surface area contributed by atoms with Gasteiger partial charge in [-0.25, -0.2) is 0 Å². The summed E-state index contributed by atoms with van der Waals surface area (Å²) in [5.41, 5.74) is 7.54. The molecule has 0 radical (unpaired) electrons. The lowest BCUT2D eigenvalue weighted by molar-refractivity contribution is 0.303. The van der Waals surface area contributed by atoms with Crippen LogP contribution in [0.1, 0.15) is 20.3 Å². The molecule has 0 fully saturated rings. The molecule has 0 spiro atoms. The van der Waals surface area contributed by atoms with Crippen molar-refractivity contribution in [3.8, 4) is 5.75 Å². The number of rotatable bonds is 8. The molecule has 0 aliphatic rings. The van der Waals surface area contributed by atoms with Gasteiger partial charge in [-0.15, -0.1) is 0 Å². The van der Waals surface area contributed by atoms with Gasteiger partial charge in [0.1, 0.15) is 5.75 Å². The molecule has 1 rings (SSSR count). The van der Waals surface area contributed by atoms with Gasteiger partial charge in [-0.2, -0.15) is 0 Å². The Labute approximate surface area is 110 Å². The second-order valence-electron chi connectivity index (χ2n) is 4.30. The quantitative estimate of drug-likeness (QED) is 0.550. The van der Waals surface area contributed by atoms with Crippen LogP contribution < -0.4 is 15.8 Å². The molecule has 4 heteroatoms. The highest BCUT2D eigenvalue weighted by Crippen LogP contribution is 2.21. The van der Waals surface area contributed by atoms with Crippen LogP contribution in [0.5, 0.6) is 5.75 Å². The molecule has 102 valence electrons. The second-order valence-corrected chi connectivity index (χ2v) is 4.30. The standard InChI is InChI=1S/C14H25N3O/c1-4-17(5-2)8-6-7-16-13-9-12(15)10-14(11-13)18-3/h9-11,16H,4-8,15H2,1-3H3. The van der Waals surface area contributed by atoms with E-state index < -0.39 is 0 Å². The molecule has 18 heavy (non-hydrogen) atoms. The molecule has 0 aliphatic heterocycles. The van der Waals surface area contributed by atoms with Crippen LogP contribution in [-0.2, 0) is 0 Å². The van der Waals surface area contributed by atoms with Crippen LogP contribution in [0, 0.1) is 0 Å². The van der Waals surface area contributed by atoms with Gasteiger partial charge in [0.25, 0.3) is 0 Å². The van der Waals surface area contributed by atoms with Crippen molar-refractivity contribution in [2.45, 2.75) is 20.3 Å². The SMILES string of the molecule is CCN(CC)CCCNc1cc(N)cc(OC)c1. The first-order valence-electron chi connectivity index (χ1n) is 6.60. The highest BCUT2D eigenvalue weighted by atomic mass is 16.5. The molecule has 3 N–H and O–H groups in total. The first kappa shape index (κ1) is 14.6. The highest BCUT2D eigenvalue weighted by molar-refractivity contribution is 5.59. The summed E-state index contributed by atoms with van der Waals surface area (Å²) in [6.45, 7) is 8.69. The maximum atomic E-state index is 5.80. The lowest BCUT2D eigenvalue weighted by Crippen LogP contribution is -2.25. The van der Waals surface area contributed by atoms with E-state index in [1.807, 2.05) is 18.2 Å². The summed E-state index contributed by atoms with van der Waals surface area (Å²) < 4.78 is 5.19. The summed E-state index contributed by atoms with van der Waals surface area (Å²) in [4.78, 5) is 2.42. The Balaban J connectivity index is 2.37. The lowest BCUT2D eigenvalue weighted by atomic mass is 10.2. The molecule has 0 aliphatic carbocycles. The lowest BCUT2D eigenvalue weighted by Gasteiger charge is -2.18. The predicted molar refractivity (Wildman–Crippen MR) is 78.3 cm³/mol. The minimum Gasteiger partial charge on any atom is -0.497 e. The number of nitrogens with two attached hydrogens (primary N) is 1. The monoisotopic (exact) mass is 251 g/mol. The zero-order chi connectivity index (χ0) is 13.4. The van der Waals surface area contributed by atoms with Crippen molar-refractivity contribution in [1.82, 2.24) is 4.90 Å². The number of ether oxygens (including phenoxy) is 1. The molecule has 1 aromatic rings. The third-order valence-corrected chi connectivity index (χ3v) is 3.04. The Morgan fingerprint density at radius 1 is 1.22 bits per heavy atom. The molecule has 0 bridgehead atoms. The van der Waals surface area contributed by atoms with Gasteiger partial charge in [0.2, 0.25) is 0 Å². The van der Waals surface area contributed by atoms with Gasteiger partial charge in [0.05, 0.1) is 7.11 Å². The summed E-state index contributed by atoms with van der Waals surface area (Å²) in [6.07, 6.45) is 1.12. The van der Waals surface area contributed by atoms with Crippen LogP contribution in [0.3, 0.4) is 0 Å². The van der Waals surface area contributed by atoms with E-state index in [1.54, 1.807) is 7.11 Å². The van der Waals surface area contributed by atoms with Gasteiger partial charge in [-0.3, -0.25) is 0 Å². The van der Waals surface area contributed by atoms with Crippen molar-refractivity contribution in [3.63, 3.8) is 0 Å². The fourth-order valence-electron chi connectivity index (χ4n) is 1.92. The van der Waals surface area contributed by atoms with Gasteiger partial charge in [0.15, 0.2) is 0 Å². The molecule has 0 unspecified atom stereocenters. The number of benzene rings is 1. The number of hydrogen-bond acceptors (Lipinski definition) is 4. The van der Waals surface area contributed by atoms with Crippen molar-refractivity contribution in [2.75, 3.05) is 44.3 Å². The maximum Gasteiger partial charge on any atom is 0.122 e. The predicted octanol–water partition coefficient (Wildman–Crippen LogP) is 2.42. The fourth-order valence-corrected chi connectivity index (χ4v) is 1.92. The Hall–Kier alpha value is -1.42. The first-order valence-corrected chi connectivity index (χ1v) is 6.60. The van der Waals surface area contributed by atoms with E-state index >= 15 is 0 Å². The van der Waals surface area contributed by atoms with Gasteiger partial charge < -0.3 is 20.7 Å². The number of nitrogen functional groups attached to an aromatic ring is 1. The van der Waals surface area contributed by atoms with Crippen LogP contribution in [0.15, 0.2) is 18.2 Å². The summed E-state index contributed by atoms with van der Waals surface area (Å²) in [7, 11) is 1.65. The van der Waals surface area contributed by atoms with Crippen molar-refractivity contribution < 1.29 is 4.74 Å². The Morgan fingerprint density at radius 2 is 1.94 bits per heavy atom. The molecule has 0 atom stereocenters. The Kier molecular flexibility index (Phi) is 6.36. The molecule has 0 aromatic heterocycles. The summed E-state index contributed by atoms with van der Waals surface area (Å²) in [5, 5.41) is 3.38. The number of hydrogen-bond donors (Lipinski definition) is 2. The summed E-state index contributed by atoms with van der Waals surface area (Å²) in [6, 6.07) is 5.72. The number of nitrogens with one attached hydrogen (secondary N) is 1. The minimum absolute atomic E-state index is 0.723. The van der Waals surface area contributed by atoms with Crippen molar-refractivity contribution in [1.29, 1.82) is 0 Å². The fraction of sp³-hybridized carbons (Fsp3) is 0.571. The first-order chi connectivity index (χ1) is 8.69. The Bertz CT molecular complexity index is 351. The largest absolute Gasteiger partial charge is 0.497 e.